The lowest BCUT2D eigenvalue weighted by molar-refractivity contribution is -0.120. The van der Waals surface area contributed by atoms with E-state index in [1.165, 1.54) is 0 Å². The van der Waals surface area contributed by atoms with Crippen molar-refractivity contribution in [2.75, 3.05) is 5.32 Å². The van der Waals surface area contributed by atoms with Crippen LogP contribution in [0.2, 0.25) is 0 Å². The Balaban J connectivity index is 2.21. The predicted molar refractivity (Wildman–Crippen MR) is 87.0 cm³/mol. The molecule has 1 N–H and O–H groups in total. The predicted octanol–water partition coefficient (Wildman–Crippen LogP) is 3.65. The molecule has 0 saturated carbocycles. The van der Waals surface area contributed by atoms with Crippen LogP contribution in [0, 0.1) is 12.8 Å². The molecule has 1 heterocycles. The van der Waals surface area contributed by atoms with Gasteiger partial charge in [-0.15, -0.1) is 0 Å². The van der Waals surface area contributed by atoms with Crippen LogP contribution in [0.5, 0.6) is 0 Å². The highest BCUT2D eigenvalue weighted by Gasteiger charge is 2.16. The fourth-order valence-corrected chi connectivity index (χ4v) is 2.47. The molecule has 0 spiro atoms. The molecule has 0 radical (unpaired) electrons. The highest BCUT2D eigenvalue weighted by atomic mass is 16.4. The first-order valence-electron chi connectivity index (χ1n) is 7.77. The topological polar surface area (TPSA) is 72.2 Å². The molecular formula is C17H22N2O3. The maximum atomic E-state index is 12.3. The number of anilines is 1. The third-order valence-electron chi connectivity index (χ3n) is 3.77. The Bertz CT molecular complexity index is 721. The molecule has 0 aliphatic heterocycles. The van der Waals surface area contributed by atoms with Gasteiger partial charge < -0.3 is 9.73 Å². The minimum absolute atomic E-state index is 0.000224. The number of unbranched alkanes of at least 4 members (excludes halogenated alkanes) is 1. The summed E-state index contributed by atoms with van der Waals surface area (Å²) in [5, 5.41) is 3.27. The van der Waals surface area contributed by atoms with Gasteiger partial charge in [0.05, 0.1) is 10.9 Å². The number of hydrogen-bond donors (Lipinski definition) is 1. The summed E-state index contributed by atoms with van der Waals surface area (Å²) in [5.74, 6) is 0.336. The Morgan fingerprint density at radius 1 is 1.36 bits per heavy atom. The number of nitrogens with zero attached hydrogens (tertiary/aromatic N) is 1. The van der Waals surface area contributed by atoms with Crippen LogP contribution < -0.4 is 10.9 Å². The van der Waals surface area contributed by atoms with Gasteiger partial charge in [0.2, 0.25) is 5.91 Å². The fraction of sp³-hybridized carbons (Fsp3) is 0.471. The van der Waals surface area contributed by atoms with Gasteiger partial charge in [-0.05, 0) is 31.0 Å². The van der Waals surface area contributed by atoms with Gasteiger partial charge in [-0.3, -0.25) is 4.79 Å². The van der Waals surface area contributed by atoms with Crippen molar-refractivity contribution < 1.29 is 9.21 Å². The van der Waals surface area contributed by atoms with Gasteiger partial charge in [-0.25, -0.2) is 9.78 Å². The second kappa shape index (κ2) is 7.20. The van der Waals surface area contributed by atoms with Gasteiger partial charge >= 0.3 is 5.63 Å². The first-order valence-corrected chi connectivity index (χ1v) is 7.77. The molecular weight excluding hydrogens is 280 g/mol. The SMILES string of the molecule is CCCCC(CC)C(=O)Nc1ccc2nc(C)oc(=O)c2c1. The molecule has 1 amide bonds. The van der Waals surface area contributed by atoms with E-state index in [-0.39, 0.29) is 11.8 Å². The second-order valence-electron chi connectivity index (χ2n) is 5.49. The Kier molecular flexibility index (Phi) is 5.31. The van der Waals surface area contributed by atoms with Crippen molar-refractivity contribution in [1.82, 2.24) is 4.98 Å². The van der Waals surface area contributed by atoms with Crippen LogP contribution in [0.4, 0.5) is 5.69 Å². The molecule has 0 aliphatic carbocycles. The molecule has 2 aromatic rings. The molecule has 0 aliphatic rings. The van der Waals surface area contributed by atoms with E-state index in [1.807, 2.05) is 6.92 Å². The number of carbonyl (C=O) groups is 1. The van der Waals surface area contributed by atoms with Crippen molar-refractivity contribution in [2.24, 2.45) is 5.92 Å². The van der Waals surface area contributed by atoms with Crippen LogP contribution in [0.15, 0.2) is 27.4 Å². The summed E-state index contributed by atoms with van der Waals surface area (Å²) in [5.41, 5.74) is 0.742. The van der Waals surface area contributed by atoms with Crippen molar-refractivity contribution in [3.8, 4) is 0 Å². The lowest BCUT2D eigenvalue weighted by atomic mass is 9.98. The summed E-state index contributed by atoms with van der Waals surface area (Å²) in [6, 6.07) is 5.11. The van der Waals surface area contributed by atoms with Crippen LogP contribution in [-0.4, -0.2) is 10.9 Å². The lowest BCUT2D eigenvalue weighted by Crippen LogP contribution is -2.22. The Morgan fingerprint density at radius 3 is 2.82 bits per heavy atom. The van der Waals surface area contributed by atoms with Crippen molar-refractivity contribution in [1.29, 1.82) is 0 Å². The van der Waals surface area contributed by atoms with Gasteiger partial charge in [-0.2, -0.15) is 0 Å². The highest BCUT2D eigenvalue weighted by molar-refractivity contribution is 5.94. The van der Waals surface area contributed by atoms with E-state index < -0.39 is 5.63 Å². The van der Waals surface area contributed by atoms with E-state index in [0.717, 1.165) is 25.7 Å². The van der Waals surface area contributed by atoms with Crippen molar-refractivity contribution >= 4 is 22.5 Å². The van der Waals surface area contributed by atoms with Crippen LogP contribution in [-0.2, 0) is 4.79 Å². The van der Waals surface area contributed by atoms with Crippen molar-refractivity contribution in [3.05, 3.63) is 34.5 Å². The summed E-state index contributed by atoms with van der Waals surface area (Å²) in [7, 11) is 0. The lowest BCUT2D eigenvalue weighted by Gasteiger charge is -2.14. The molecule has 1 atom stereocenters. The van der Waals surface area contributed by atoms with Gasteiger partial charge in [0.15, 0.2) is 5.89 Å². The van der Waals surface area contributed by atoms with E-state index >= 15 is 0 Å². The fourth-order valence-electron chi connectivity index (χ4n) is 2.47. The van der Waals surface area contributed by atoms with Crippen LogP contribution in [0.3, 0.4) is 0 Å². The molecule has 0 fully saturated rings. The average Bonchev–Trinajstić information content (AvgIpc) is 2.48. The van der Waals surface area contributed by atoms with E-state index in [1.54, 1.807) is 25.1 Å². The minimum atomic E-state index is -0.434. The Morgan fingerprint density at radius 2 is 2.14 bits per heavy atom. The standard InChI is InChI=1S/C17H22N2O3/c1-4-6-7-12(5-2)16(20)19-13-8-9-15-14(10-13)17(21)22-11(3)18-15/h8-10,12H,4-7H2,1-3H3,(H,19,20). The average molecular weight is 302 g/mol. The normalized spacial score (nSPS) is 12.3. The number of fused-ring (bicyclic) bond motifs is 1. The molecule has 1 aromatic carbocycles. The number of aryl methyl sites for hydroxylation is 1. The van der Waals surface area contributed by atoms with E-state index in [9.17, 15) is 9.59 Å². The molecule has 0 bridgehead atoms. The van der Waals surface area contributed by atoms with Crippen molar-refractivity contribution in [2.45, 2.75) is 46.5 Å². The molecule has 22 heavy (non-hydrogen) atoms. The highest BCUT2D eigenvalue weighted by Crippen LogP contribution is 2.19. The smallest absolute Gasteiger partial charge is 0.346 e. The molecule has 5 heteroatoms. The first-order chi connectivity index (χ1) is 10.5. The number of carbonyl (C=O) groups excluding carboxylic acids is 1. The number of hydrogen-bond acceptors (Lipinski definition) is 4. The molecule has 5 nitrogen and oxygen atoms in total. The van der Waals surface area contributed by atoms with E-state index in [0.29, 0.717) is 22.5 Å². The Labute approximate surface area is 129 Å². The molecule has 1 unspecified atom stereocenters. The zero-order valence-corrected chi connectivity index (χ0v) is 13.3. The summed E-state index contributed by atoms with van der Waals surface area (Å²) in [6.45, 7) is 5.76. The number of amides is 1. The van der Waals surface area contributed by atoms with Crippen LogP contribution in [0.25, 0.3) is 10.9 Å². The van der Waals surface area contributed by atoms with Gasteiger partial charge in [0, 0.05) is 18.5 Å². The Hall–Kier alpha value is -2.17. The maximum absolute atomic E-state index is 12.3. The van der Waals surface area contributed by atoms with Crippen LogP contribution >= 0.6 is 0 Å². The van der Waals surface area contributed by atoms with E-state index in [2.05, 4.69) is 17.2 Å². The third kappa shape index (κ3) is 3.72. The summed E-state index contributed by atoms with van der Waals surface area (Å²) >= 11 is 0. The number of nitrogens with one attached hydrogen (secondary N) is 1. The van der Waals surface area contributed by atoms with Crippen molar-refractivity contribution in [3.63, 3.8) is 0 Å². The molecule has 2 rings (SSSR count). The number of rotatable bonds is 6. The zero-order valence-electron chi connectivity index (χ0n) is 13.3. The summed E-state index contributed by atoms with van der Waals surface area (Å²) in [6.07, 6.45) is 3.81. The second-order valence-corrected chi connectivity index (χ2v) is 5.49. The summed E-state index contributed by atoms with van der Waals surface area (Å²) in [4.78, 5) is 28.3. The van der Waals surface area contributed by atoms with Gasteiger partial charge in [0.25, 0.3) is 0 Å². The third-order valence-corrected chi connectivity index (χ3v) is 3.77. The number of benzene rings is 1. The molecule has 1 aromatic heterocycles. The molecule has 0 saturated heterocycles. The monoisotopic (exact) mass is 302 g/mol. The maximum Gasteiger partial charge on any atom is 0.346 e. The van der Waals surface area contributed by atoms with Gasteiger partial charge in [0.1, 0.15) is 0 Å². The van der Waals surface area contributed by atoms with Crippen LogP contribution in [0.1, 0.15) is 45.4 Å². The zero-order chi connectivity index (χ0) is 16.1. The quantitative estimate of drug-likeness (QED) is 0.884. The van der Waals surface area contributed by atoms with E-state index in [4.69, 9.17) is 4.42 Å². The summed E-state index contributed by atoms with van der Waals surface area (Å²) < 4.78 is 4.99. The largest absolute Gasteiger partial charge is 0.408 e. The first kappa shape index (κ1) is 16.2. The minimum Gasteiger partial charge on any atom is -0.408 e. The number of aromatic nitrogens is 1. The molecule has 118 valence electrons. The van der Waals surface area contributed by atoms with Gasteiger partial charge in [-0.1, -0.05) is 26.7 Å².